The molecule has 7 heteroatoms. The SMILES string of the molecule is Cc1[nH]nc2nc(N3CCOC[C@H]3C)cc(C3(O)Cc4ccc(o4)C3)c12. The van der Waals surface area contributed by atoms with Crippen molar-refractivity contribution in [1.29, 1.82) is 0 Å². The lowest BCUT2D eigenvalue weighted by molar-refractivity contribution is 0.0161. The fourth-order valence-corrected chi connectivity index (χ4v) is 4.19. The van der Waals surface area contributed by atoms with E-state index >= 15 is 0 Å². The zero-order valence-corrected chi connectivity index (χ0v) is 15.0. The van der Waals surface area contributed by atoms with Crippen LogP contribution in [0.3, 0.4) is 0 Å². The first kappa shape index (κ1) is 15.8. The van der Waals surface area contributed by atoms with Crippen LogP contribution in [0.25, 0.3) is 11.0 Å². The van der Waals surface area contributed by atoms with Crippen molar-refractivity contribution in [2.75, 3.05) is 24.7 Å². The zero-order valence-electron chi connectivity index (χ0n) is 15.0. The number of morpholine rings is 1. The molecule has 3 aromatic rings. The molecule has 1 saturated heterocycles. The van der Waals surface area contributed by atoms with Crippen molar-refractivity contribution >= 4 is 16.9 Å². The minimum Gasteiger partial charge on any atom is -0.466 e. The lowest BCUT2D eigenvalue weighted by Crippen LogP contribution is -2.44. The Morgan fingerprint density at radius 1 is 1.31 bits per heavy atom. The van der Waals surface area contributed by atoms with E-state index in [2.05, 4.69) is 22.0 Å². The number of aromatic amines is 1. The zero-order chi connectivity index (χ0) is 17.9. The Labute approximate surface area is 151 Å². The largest absolute Gasteiger partial charge is 0.466 e. The van der Waals surface area contributed by atoms with Gasteiger partial charge in [-0.15, -0.1) is 0 Å². The molecule has 2 N–H and O–H groups in total. The highest BCUT2D eigenvalue weighted by Crippen LogP contribution is 2.40. The Hall–Kier alpha value is -2.38. The number of anilines is 1. The van der Waals surface area contributed by atoms with Gasteiger partial charge in [-0.05, 0) is 32.0 Å². The third kappa shape index (κ3) is 2.34. The van der Waals surface area contributed by atoms with Crippen molar-refractivity contribution in [2.24, 2.45) is 0 Å². The predicted octanol–water partition coefficient (Wildman–Crippen LogP) is 2.07. The van der Waals surface area contributed by atoms with Gasteiger partial charge in [-0.2, -0.15) is 5.10 Å². The van der Waals surface area contributed by atoms with E-state index in [4.69, 9.17) is 14.1 Å². The summed E-state index contributed by atoms with van der Waals surface area (Å²) < 4.78 is 11.3. The maximum atomic E-state index is 11.6. The summed E-state index contributed by atoms with van der Waals surface area (Å²) in [5.74, 6) is 2.45. The molecule has 136 valence electrons. The highest BCUT2D eigenvalue weighted by molar-refractivity contribution is 5.84. The molecule has 5 rings (SSSR count). The number of aryl methyl sites for hydroxylation is 1. The average Bonchev–Trinajstić information content (AvgIpc) is 3.17. The maximum Gasteiger partial charge on any atom is 0.183 e. The second kappa shape index (κ2) is 5.56. The summed E-state index contributed by atoms with van der Waals surface area (Å²) in [6.07, 6.45) is 0.906. The van der Waals surface area contributed by atoms with Crippen molar-refractivity contribution in [3.05, 3.63) is 41.0 Å². The van der Waals surface area contributed by atoms with Gasteiger partial charge in [-0.3, -0.25) is 5.10 Å². The molecule has 0 saturated carbocycles. The van der Waals surface area contributed by atoms with E-state index in [1.54, 1.807) is 0 Å². The van der Waals surface area contributed by atoms with Gasteiger partial charge in [0.1, 0.15) is 22.9 Å². The molecule has 0 amide bonds. The van der Waals surface area contributed by atoms with Crippen LogP contribution in [0.2, 0.25) is 0 Å². The van der Waals surface area contributed by atoms with E-state index in [0.29, 0.717) is 31.7 Å². The van der Waals surface area contributed by atoms with Crippen LogP contribution in [0.5, 0.6) is 0 Å². The molecular formula is C19H22N4O3. The van der Waals surface area contributed by atoms with E-state index in [1.165, 1.54) is 0 Å². The van der Waals surface area contributed by atoms with Gasteiger partial charge in [-0.25, -0.2) is 4.98 Å². The summed E-state index contributed by atoms with van der Waals surface area (Å²) in [7, 11) is 0. The molecule has 3 aromatic heterocycles. The van der Waals surface area contributed by atoms with Crippen LogP contribution < -0.4 is 4.90 Å². The number of ether oxygens (including phenoxy) is 1. The Balaban J connectivity index is 1.67. The van der Waals surface area contributed by atoms with Crippen LogP contribution in [-0.4, -0.2) is 46.1 Å². The molecule has 0 aliphatic carbocycles. The van der Waals surface area contributed by atoms with Crippen molar-refractivity contribution in [3.8, 4) is 0 Å². The molecular weight excluding hydrogens is 332 g/mol. The number of nitrogens with one attached hydrogen (secondary N) is 1. The normalized spacial score (nSPS) is 22.1. The standard InChI is InChI=1S/C19H22N4O3/c1-11-10-25-6-5-23(11)16-7-15(17-12(2)21-22-18(17)20-16)19(24)8-13-3-4-14(9-19)26-13/h3-4,7,11,24H,5-6,8-10H2,1-2H3,(H,20,21,22)/t11-/m1/s1. The van der Waals surface area contributed by atoms with E-state index in [0.717, 1.165) is 40.5 Å². The van der Waals surface area contributed by atoms with Gasteiger partial charge in [0, 0.05) is 36.0 Å². The Morgan fingerprint density at radius 3 is 2.81 bits per heavy atom. The van der Waals surface area contributed by atoms with Crippen LogP contribution in [0.4, 0.5) is 5.82 Å². The molecule has 0 radical (unpaired) electrons. The number of aromatic nitrogens is 3. The fraction of sp³-hybridized carbons (Fsp3) is 0.474. The first-order valence-electron chi connectivity index (χ1n) is 9.04. The molecule has 7 nitrogen and oxygen atoms in total. The van der Waals surface area contributed by atoms with Crippen LogP contribution in [0.15, 0.2) is 22.6 Å². The summed E-state index contributed by atoms with van der Waals surface area (Å²) in [5.41, 5.74) is 1.40. The number of fused-ring (bicyclic) bond motifs is 3. The van der Waals surface area contributed by atoms with Gasteiger partial charge in [-0.1, -0.05) is 0 Å². The minimum absolute atomic E-state index is 0.229. The van der Waals surface area contributed by atoms with Gasteiger partial charge in [0.2, 0.25) is 0 Å². The summed E-state index contributed by atoms with van der Waals surface area (Å²) >= 11 is 0. The molecule has 1 fully saturated rings. The topological polar surface area (TPSA) is 87.4 Å². The van der Waals surface area contributed by atoms with Crippen molar-refractivity contribution < 1.29 is 14.3 Å². The fourth-order valence-electron chi connectivity index (χ4n) is 4.19. The molecule has 2 aliphatic heterocycles. The van der Waals surface area contributed by atoms with Gasteiger partial charge < -0.3 is 19.2 Å². The monoisotopic (exact) mass is 354 g/mol. The number of rotatable bonds is 2. The lowest BCUT2D eigenvalue weighted by Gasteiger charge is -2.36. The Morgan fingerprint density at radius 2 is 2.08 bits per heavy atom. The van der Waals surface area contributed by atoms with Gasteiger partial charge >= 0.3 is 0 Å². The smallest absolute Gasteiger partial charge is 0.183 e. The summed E-state index contributed by atoms with van der Waals surface area (Å²) in [6, 6.07) is 6.14. The number of aliphatic hydroxyl groups is 1. The highest BCUT2D eigenvalue weighted by atomic mass is 16.5. The number of nitrogens with zero attached hydrogens (tertiary/aromatic N) is 3. The van der Waals surface area contributed by atoms with Gasteiger partial charge in [0.15, 0.2) is 5.65 Å². The van der Waals surface area contributed by atoms with Gasteiger partial charge in [0.05, 0.1) is 19.3 Å². The second-order valence-electron chi connectivity index (χ2n) is 7.45. The molecule has 1 atom stereocenters. The molecule has 0 unspecified atom stereocenters. The average molecular weight is 354 g/mol. The quantitative estimate of drug-likeness (QED) is 0.733. The molecule has 0 spiro atoms. The van der Waals surface area contributed by atoms with E-state index < -0.39 is 5.60 Å². The Bertz CT molecular complexity index is 956. The first-order chi connectivity index (χ1) is 12.5. The van der Waals surface area contributed by atoms with Crippen molar-refractivity contribution in [1.82, 2.24) is 15.2 Å². The van der Waals surface area contributed by atoms with E-state index in [9.17, 15) is 5.11 Å². The van der Waals surface area contributed by atoms with E-state index in [1.807, 2.05) is 25.1 Å². The number of hydrogen-bond donors (Lipinski definition) is 2. The second-order valence-corrected chi connectivity index (χ2v) is 7.45. The predicted molar refractivity (Wildman–Crippen MR) is 96.3 cm³/mol. The lowest BCUT2D eigenvalue weighted by atomic mass is 9.84. The van der Waals surface area contributed by atoms with Crippen LogP contribution in [-0.2, 0) is 23.2 Å². The van der Waals surface area contributed by atoms with Gasteiger partial charge in [0.25, 0.3) is 0 Å². The molecule has 2 aliphatic rings. The molecule has 5 heterocycles. The third-order valence-corrected chi connectivity index (χ3v) is 5.51. The molecule has 2 bridgehead atoms. The highest BCUT2D eigenvalue weighted by Gasteiger charge is 2.39. The van der Waals surface area contributed by atoms with Crippen LogP contribution in [0, 0.1) is 6.92 Å². The molecule has 0 aromatic carbocycles. The maximum absolute atomic E-state index is 11.6. The minimum atomic E-state index is -1.02. The summed E-state index contributed by atoms with van der Waals surface area (Å²) in [6.45, 7) is 6.22. The first-order valence-corrected chi connectivity index (χ1v) is 9.04. The Kier molecular flexibility index (Phi) is 3.39. The summed E-state index contributed by atoms with van der Waals surface area (Å²) in [4.78, 5) is 7.00. The third-order valence-electron chi connectivity index (χ3n) is 5.51. The van der Waals surface area contributed by atoms with Crippen LogP contribution in [0.1, 0.15) is 29.7 Å². The van der Waals surface area contributed by atoms with Crippen LogP contribution >= 0.6 is 0 Å². The molecule has 26 heavy (non-hydrogen) atoms. The van der Waals surface area contributed by atoms with E-state index in [-0.39, 0.29) is 6.04 Å². The number of pyridine rings is 1. The number of furan rings is 1. The summed E-state index contributed by atoms with van der Waals surface area (Å²) in [5, 5.41) is 19.9. The number of H-pyrrole nitrogens is 1. The van der Waals surface area contributed by atoms with Crippen molar-refractivity contribution in [3.63, 3.8) is 0 Å². The number of hydrogen-bond acceptors (Lipinski definition) is 6. The van der Waals surface area contributed by atoms with Crippen molar-refractivity contribution in [2.45, 2.75) is 38.3 Å².